The minimum absolute atomic E-state index is 0.0177. The predicted molar refractivity (Wildman–Crippen MR) is 104 cm³/mol. The van der Waals surface area contributed by atoms with Gasteiger partial charge in [-0.15, -0.1) is 0 Å². The van der Waals surface area contributed by atoms with E-state index in [1.54, 1.807) is 0 Å². The topological polar surface area (TPSA) is 87.7 Å². The van der Waals surface area contributed by atoms with Crippen LogP contribution in [0.1, 0.15) is 23.2 Å². The van der Waals surface area contributed by atoms with Gasteiger partial charge in [0.25, 0.3) is 5.91 Å². The van der Waals surface area contributed by atoms with Gasteiger partial charge < -0.3 is 19.9 Å². The first-order valence-corrected chi connectivity index (χ1v) is 9.32. The fourth-order valence-electron chi connectivity index (χ4n) is 3.64. The zero-order valence-electron chi connectivity index (χ0n) is 16.0. The number of piperidine rings is 1. The third-order valence-electron chi connectivity index (χ3n) is 5.34. The summed E-state index contributed by atoms with van der Waals surface area (Å²) in [6, 6.07) is 9.39. The van der Waals surface area contributed by atoms with Crippen LogP contribution in [0.3, 0.4) is 0 Å². The van der Waals surface area contributed by atoms with Crippen LogP contribution in [0, 0.1) is 0 Å². The molecule has 2 aliphatic rings. The van der Waals surface area contributed by atoms with E-state index in [0.717, 1.165) is 17.1 Å². The minimum atomic E-state index is -0.459. The van der Waals surface area contributed by atoms with Crippen LogP contribution < -0.4 is 10.2 Å². The molecule has 1 spiro atoms. The average Bonchev–Trinajstić information content (AvgIpc) is 3.08. The summed E-state index contributed by atoms with van der Waals surface area (Å²) in [6.45, 7) is 1.65. The molecule has 28 heavy (non-hydrogen) atoms. The van der Waals surface area contributed by atoms with Crippen molar-refractivity contribution in [2.45, 2.75) is 18.4 Å². The van der Waals surface area contributed by atoms with Crippen LogP contribution >= 0.6 is 0 Å². The number of rotatable bonds is 3. The Bertz CT molecular complexity index is 906. The molecule has 1 aromatic carbocycles. The van der Waals surface area contributed by atoms with E-state index in [1.807, 2.05) is 54.2 Å². The molecule has 8 heteroatoms. The normalized spacial score (nSPS) is 17.9. The summed E-state index contributed by atoms with van der Waals surface area (Å²) in [5.41, 5.74) is 1.81. The zero-order chi connectivity index (χ0) is 19.7. The standard InChI is InChI=1S/C20H23N5O3/c1-24(2)17-11-16(22-13-23-17)14-4-3-5-15(10-14)18(26)25-8-6-20(7-9-25)12-21-19(27)28-20/h3-5,10-11,13H,6-9,12H2,1-2H3,(H,21,27). The van der Waals surface area contributed by atoms with E-state index in [4.69, 9.17) is 4.74 Å². The molecule has 0 atom stereocenters. The molecule has 2 aliphatic heterocycles. The van der Waals surface area contributed by atoms with Gasteiger partial charge in [-0.2, -0.15) is 0 Å². The zero-order valence-corrected chi connectivity index (χ0v) is 16.0. The summed E-state index contributed by atoms with van der Waals surface area (Å²) in [6.07, 6.45) is 2.46. The molecule has 1 N–H and O–H groups in total. The first kappa shape index (κ1) is 18.2. The Morgan fingerprint density at radius 2 is 2.00 bits per heavy atom. The largest absolute Gasteiger partial charge is 0.441 e. The summed E-state index contributed by atoms with van der Waals surface area (Å²) in [7, 11) is 3.85. The Balaban J connectivity index is 1.49. The van der Waals surface area contributed by atoms with Crippen LogP contribution in [-0.2, 0) is 4.74 Å². The Morgan fingerprint density at radius 1 is 1.21 bits per heavy atom. The number of hydrogen-bond acceptors (Lipinski definition) is 6. The first-order chi connectivity index (χ1) is 13.5. The van der Waals surface area contributed by atoms with Gasteiger partial charge in [0.2, 0.25) is 0 Å². The molecule has 1 aromatic heterocycles. The third kappa shape index (κ3) is 3.49. The third-order valence-corrected chi connectivity index (χ3v) is 5.34. The average molecular weight is 381 g/mol. The molecule has 0 bridgehead atoms. The van der Waals surface area contributed by atoms with Crippen molar-refractivity contribution in [2.24, 2.45) is 0 Å². The molecule has 0 unspecified atom stereocenters. The number of likely N-dealkylation sites (tertiary alicyclic amines) is 1. The van der Waals surface area contributed by atoms with Crippen molar-refractivity contribution in [1.29, 1.82) is 0 Å². The first-order valence-electron chi connectivity index (χ1n) is 9.32. The molecule has 0 aliphatic carbocycles. The van der Waals surface area contributed by atoms with Crippen LogP contribution in [-0.4, -0.2) is 66.2 Å². The van der Waals surface area contributed by atoms with E-state index in [9.17, 15) is 9.59 Å². The maximum absolute atomic E-state index is 13.0. The van der Waals surface area contributed by atoms with E-state index in [1.165, 1.54) is 6.33 Å². The van der Waals surface area contributed by atoms with E-state index in [0.29, 0.717) is 38.0 Å². The number of alkyl carbamates (subject to hydrolysis) is 1. The van der Waals surface area contributed by atoms with Crippen LogP contribution in [0.2, 0.25) is 0 Å². The van der Waals surface area contributed by atoms with Crippen molar-refractivity contribution in [3.05, 3.63) is 42.2 Å². The maximum Gasteiger partial charge on any atom is 0.407 e. The number of nitrogens with zero attached hydrogens (tertiary/aromatic N) is 4. The molecular weight excluding hydrogens is 358 g/mol. The number of hydrogen-bond donors (Lipinski definition) is 1. The second-order valence-electron chi connectivity index (χ2n) is 7.45. The lowest BCUT2D eigenvalue weighted by Crippen LogP contribution is -2.48. The lowest BCUT2D eigenvalue weighted by atomic mass is 9.91. The van der Waals surface area contributed by atoms with Gasteiger partial charge in [-0.05, 0) is 12.1 Å². The van der Waals surface area contributed by atoms with Gasteiger partial charge >= 0.3 is 6.09 Å². The Morgan fingerprint density at radius 3 is 2.68 bits per heavy atom. The van der Waals surface area contributed by atoms with Crippen molar-refractivity contribution >= 4 is 17.8 Å². The van der Waals surface area contributed by atoms with Crippen LogP contribution in [0.25, 0.3) is 11.3 Å². The minimum Gasteiger partial charge on any atom is -0.441 e. The van der Waals surface area contributed by atoms with Gasteiger partial charge in [0.15, 0.2) is 0 Å². The summed E-state index contributed by atoms with van der Waals surface area (Å²) in [5.74, 6) is 0.790. The Labute approximate surface area is 163 Å². The van der Waals surface area contributed by atoms with E-state index < -0.39 is 5.60 Å². The molecule has 4 rings (SSSR count). The number of carbonyl (C=O) groups is 2. The van der Waals surface area contributed by atoms with Gasteiger partial charge in [-0.25, -0.2) is 14.8 Å². The van der Waals surface area contributed by atoms with Crippen LogP contribution in [0.5, 0.6) is 0 Å². The fourth-order valence-corrected chi connectivity index (χ4v) is 3.64. The number of nitrogens with one attached hydrogen (secondary N) is 1. The smallest absolute Gasteiger partial charge is 0.407 e. The highest BCUT2D eigenvalue weighted by atomic mass is 16.6. The van der Waals surface area contributed by atoms with E-state index in [-0.39, 0.29) is 12.0 Å². The molecule has 3 heterocycles. The highest BCUT2D eigenvalue weighted by Crippen LogP contribution is 2.30. The second-order valence-corrected chi connectivity index (χ2v) is 7.45. The van der Waals surface area contributed by atoms with E-state index in [2.05, 4.69) is 15.3 Å². The summed E-state index contributed by atoms with van der Waals surface area (Å²) in [5, 5.41) is 2.71. The summed E-state index contributed by atoms with van der Waals surface area (Å²) in [4.78, 5) is 36.7. The molecule has 2 saturated heterocycles. The van der Waals surface area contributed by atoms with Crippen molar-refractivity contribution in [3.63, 3.8) is 0 Å². The number of benzene rings is 1. The number of anilines is 1. The summed E-state index contributed by atoms with van der Waals surface area (Å²) >= 11 is 0. The van der Waals surface area contributed by atoms with Crippen LogP contribution in [0.4, 0.5) is 10.6 Å². The number of ether oxygens (including phenoxy) is 1. The summed E-state index contributed by atoms with van der Waals surface area (Å²) < 4.78 is 5.42. The molecule has 0 radical (unpaired) electrons. The van der Waals surface area contributed by atoms with Gasteiger partial charge in [-0.3, -0.25) is 4.79 Å². The Kier molecular flexibility index (Phi) is 4.62. The highest BCUT2D eigenvalue weighted by Gasteiger charge is 2.43. The monoisotopic (exact) mass is 381 g/mol. The van der Waals surface area contributed by atoms with Gasteiger partial charge in [-0.1, -0.05) is 12.1 Å². The number of amides is 2. The van der Waals surface area contributed by atoms with Crippen molar-refractivity contribution in [2.75, 3.05) is 38.6 Å². The molecule has 2 fully saturated rings. The second kappa shape index (κ2) is 7.10. The fraction of sp³-hybridized carbons (Fsp3) is 0.400. The van der Waals surface area contributed by atoms with Crippen molar-refractivity contribution in [1.82, 2.24) is 20.2 Å². The molecule has 8 nitrogen and oxygen atoms in total. The molecule has 146 valence electrons. The lowest BCUT2D eigenvalue weighted by molar-refractivity contribution is 0.00331. The maximum atomic E-state index is 13.0. The molecule has 2 amide bonds. The molecule has 0 saturated carbocycles. The molecular formula is C20H23N5O3. The number of carbonyl (C=O) groups excluding carboxylic acids is 2. The van der Waals surface area contributed by atoms with Crippen molar-refractivity contribution in [3.8, 4) is 11.3 Å². The number of aromatic nitrogens is 2. The quantitative estimate of drug-likeness (QED) is 0.874. The van der Waals surface area contributed by atoms with E-state index >= 15 is 0 Å². The van der Waals surface area contributed by atoms with Crippen molar-refractivity contribution < 1.29 is 14.3 Å². The van der Waals surface area contributed by atoms with Gasteiger partial charge in [0.1, 0.15) is 17.7 Å². The Hall–Kier alpha value is -3.16. The van der Waals surface area contributed by atoms with Gasteiger partial charge in [0.05, 0.1) is 12.2 Å². The lowest BCUT2D eigenvalue weighted by Gasteiger charge is -2.37. The van der Waals surface area contributed by atoms with Crippen LogP contribution in [0.15, 0.2) is 36.7 Å². The molecule has 2 aromatic rings. The highest BCUT2D eigenvalue weighted by molar-refractivity contribution is 5.95. The predicted octanol–water partition coefficient (Wildman–Crippen LogP) is 1.92. The SMILES string of the molecule is CN(C)c1cc(-c2cccc(C(=O)N3CCC4(CC3)CNC(=O)O4)c2)ncn1. The van der Waals surface area contributed by atoms with Gasteiger partial charge in [0, 0.05) is 57.2 Å².